The second-order valence-corrected chi connectivity index (χ2v) is 6.66. The van der Waals surface area contributed by atoms with Gasteiger partial charge >= 0.3 is 0 Å². The van der Waals surface area contributed by atoms with Gasteiger partial charge in [0.05, 0.1) is 0 Å². The van der Waals surface area contributed by atoms with Gasteiger partial charge in [0.15, 0.2) is 11.8 Å². The number of rotatable bonds is 13. The Hall–Kier alpha value is -0.940. The molecule has 1 aliphatic rings. The van der Waals surface area contributed by atoms with Crippen molar-refractivity contribution < 1.29 is 9.47 Å². The van der Waals surface area contributed by atoms with Crippen LogP contribution in [-0.4, -0.2) is 60.2 Å². The van der Waals surface area contributed by atoms with Crippen LogP contribution in [0.25, 0.3) is 0 Å². The first-order valence-corrected chi connectivity index (χ1v) is 9.73. The lowest BCUT2D eigenvalue weighted by atomic mass is 10.4. The average molecular weight is 494 g/mol. The van der Waals surface area contributed by atoms with Gasteiger partial charge in [-0.1, -0.05) is 0 Å². The van der Waals surface area contributed by atoms with Crippen molar-refractivity contribution in [2.75, 3.05) is 39.5 Å². The van der Waals surface area contributed by atoms with Gasteiger partial charge < -0.3 is 24.7 Å². The average Bonchev–Trinajstić information content (AvgIpc) is 3.41. The molecule has 0 saturated heterocycles. The molecule has 0 aromatic carbocycles. The van der Waals surface area contributed by atoms with E-state index >= 15 is 0 Å². The smallest absolute Gasteiger partial charge is 0.191 e. The third-order valence-electron chi connectivity index (χ3n) is 4.33. The molecule has 2 rings (SSSR count). The molecule has 1 aliphatic carbocycles. The van der Waals surface area contributed by atoms with Crippen molar-refractivity contribution in [3.05, 3.63) is 11.6 Å². The Balaban J connectivity index is 0.00000364. The minimum Gasteiger partial charge on any atom is -0.382 e. The number of hydrogen-bond acceptors (Lipinski definition) is 5. The highest BCUT2D eigenvalue weighted by Gasteiger charge is 2.20. The molecular formula is C18H35IN6O2. The highest BCUT2D eigenvalue weighted by molar-refractivity contribution is 14.0. The van der Waals surface area contributed by atoms with Crippen molar-refractivity contribution >= 4 is 29.9 Å². The SMILES string of the molecule is CCOCCCNC(=NCc1nnc(C)n1C)NCCCOCC1CC1.I. The summed E-state index contributed by atoms with van der Waals surface area (Å²) < 4.78 is 13.0. The summed E-state index contributed by atoms with van der Waals surface area (Å²) in [4.78, 5) is 4.63. The van der Waals surface area contributed by atoms with Gasteiger partial charge in [0.2, 0.25) is 0 Å². The summed E-state index contributed by atoms with van der Waals surface area (Å²) >= 11 is 0. The van der Waals surface area contributed by atoms with Gasteiger partial charge in [-0.05, 0) is 45.4 Å². The minimum absolute atomic E-state index is 0. The fourth-order valence-electron chi connectivity index (χ4n) is 2.35. The van der Waals surface area contributed by atoms with Crippen LogP contribution in [0.1, 0.15) is 44.3 Å². The molecule has 1 saturated carbocycles. The van der Waals surface area contributed by atoms with E-state index in [9.17, 15) is 0 Å². The van der Waals surface area contributed by atoms with Crippen molar-refractivity contribution in [1.82, 2.24) is 25.4 Å². The highest BCUT2D eigenvalue weighted by atomic mass is 127. The topological polar surface area (TPSA) is 85.6 Å². The maximum atomic E-state index is 5.67. The summed E-state index contributed by atoms with van der Waals surface area (Å²) in [5.74, 6) is 3.36. The molecule has 0 unspecified atom stereocenters. The van der Waals surface area contributed by atoms with Gasteiger partial charge in [-0.15, -0.1) is 34.2 Å². The van der Waals surface area contributed by atoms with E-state index in [4.69, 9.17) is 9.47 Å². The fourth-order valence-corrected chi connectivity index (χ4v) is 2.35. The van der Waals surface area contributed by atoms with Crippen LogP contribution in [-0.2, 0) is 23.1 Å². The van der Waals surface area contributed by atoms with E-state index in [2.05, 4.69) is 25.8 Å². The van der Waals surface area contributed by atoms with Crippen LogP contribution in [0.3, 0.4) is 0 Å². The maximum absolute atomic E-state index is 5.67. The Morgan fingerprint density at radius 3 is 2.37 bits per heavy atom. The first kappa shape index (κ1) is 24.1. The quantitative estimate of drug-likeness (QED) is 0.189. The summed E-state index contributed by atoms with van der Waals surface area (Å²) in [5, 5.41) is 15.0. The van der Waals surface area contributed by atoms with E-state index < -0.39 is 0 Å². The molecule has 27 heavy (non-hydrogen) atoms. The van der Waals surface area contributed by atoms with Gasteiger partial charge in [-0.3, -0.25) is 0 Å². The van der Waals surface area contributed by atoms with Gasteiger partial charge in [-0.2, -0.15) is 0 Å². The predicted octanol–water partition coefficient (Wildman–Crippen LogP) is 2.02. The molecule has 9 heteroatoms. The third kappa shape index (κ3) is 10.2. The molecule has 1 fully saturated rings. The molecule has 0 bridgehead atoms. The summed E-state index contributed by atoms with van der Waals surface area (Å²) in [7, 11) is 1.96. The molecule has 0 spiro atoms. The summed E-state index contributed by atoms with van der Waals surface area (Å²) in [6, 6.07) is 0. The fraction of sp³-hybridized carbons (Fsp3) is 0.833. The third-order valence-corrected chi connectivity index (χ3v) is 4.33. The van der Waals surface area contributed by atoms with Crippen LogP contribution in [0, 0.1) is 12.8 Å². The first-order chi connectivity index (χ1) is 12.7. The Kier molecular flexibility index (Phi) is 12.6. The van der Waals surface area contributed by atoms with E-state index in [0.29, 0.717) is 6.54 Å². The highest BCUT2D eigenvalue weighted by Crippen LogP contribution is 2.28. The van der Waals surface area contributed by atoms with Gasteiger partial charge in [0, 0.05) is 46.6 Å². The van der Waals surface area contributed by atoms with Crippen molar-refractivity contribution in [2.24, 2.45) is 18.0 Å². The van der Waals surface area contributed by atoms with Gasteiger partial charge in [-0.25, -0.2) is 4.99 Å². The van der Waals surface area contributed by atoms with E-state index in [-0.39, 0.29) is 24.0 Å². The first-order valence-electron chi connectivity index (χ1n) is 9.73. The Labute approximate surface area is 179 Å². The number of aryl methyl sites for hydroxylation is 1. The van der Waals surface area contributed by atoms with E-state index in [1.165, 1.54) is 12.8 Å². The number of ether oxygens (including phenoxy) is 2. The lowest BCUT2D eigenvalue weighted by Crippen LogP contribution is -2.39. The molecule has 8 nitrogen and oxygen atoms in total. The largest absolute Gasteiger partial charge is 0.382 e. The molecular weight excluding hydrogens is 459 g/mol. The Bertz CT molecular complexity index is 548. The number of hydrogen-bond donors (Lipinski definition) is 2. The Morgan fingerprint density at radius 2 is 1.81 bits per heavy atom. The van der Waals surface area contributed by atoms with Crippen LogP contribution in [0.5, 0.6) is 0 Å². The summed E-state index contributed by atoms with van der Waals surface area (Å²) in [5.41, 5.74) is 0. The number of guanidine groups is 1. The molecule has 0 amide bonds. The zero-order valence-corrected chi connectivity index (χ0v) is 19.2. The second-order valence-electron chi connectivity index (χ2n) is 6.66. The van der Waals surface area contributed by atoms with Crippen LogP contribution in [0.15, 0.2) is 4.99 Å². The molecule has 0 atom stereocenters. The monoisotopic (exact) mass is 494 g/mol. The molecule has 0 aliphatic heterocycles. The number of nitrogens with one attached hydrogen (secondary N) is 2. The van der Waals surface area contributed by atoms with Crippen LogP contribution >= 0.6 is 24.0 Å². The van der Waals surface area contributed by atoms with E-state index in [0.717, 1.165) is 75.9 Å². The van der Waals surface area contributed by atoms with E-state index in [1.54, 1.807) is 0 Å². The van der Waals surface area contributed by atoms with Gasteiger partial charge in [0.1, 0.15) is 12.4 Å². The summed E-state index contributed by atoms with van der Waals surface area (Å²) in [6.07, 6.45) is 4.59. The molecule has 1 aromatic rings. The van der Waals surface area contributed by atoms with Gasteiger partial charge in [0.25, 0.3) is 0 Å². The van der Waals surface area contributed by atoms with Crippen LogP contribution in [0.4, 0.5) is 0 Å². The lowest BCUT2D eigenvalue weighted by molar-refractivity contribution is 0.123. The molecule has 1 heterocycles. The zero-order valence-electron chi connectivity index (χ0n) is 16.9. The standard InChI is InChI=1S/C18H34N6O2.HI/c1-4-25-11-5-9-19-18(20-10-6-12-26-14-16-7-8-16)21-13-17-23-22-15(2)24(17)3;/h16H,4-14H2,1-3H3,(H2,19,20,21);1H. The maximum Gasteiger partial charge on any atom is 0.191 e. The van der Waals surface area contributed by atoms with Crippen molar-refractivity contribution in [3.8, 4) is 0 Å². The number of aliphatic imine (C=N–C) groups is 1. The molecule has 2 N–H and O–H groups in total. The normalized spacial score (nSPS) is 14.1. The lowest BCUT2D eigenvalue weighted by Gasteiger charge is -2.13. The minimum atomic E-state index is 0. The molecule has 156 valence electrons. The molecule has 0 radical (unpaired) electrons. The second kappa shape index (κ2) is 14.1. The van der Waals surface area contributed by atoms with Crippen LogP contribution in [0.2, 0.25) is 0 Å². The van der Waals surface area contributed by atoms with Crippen molar-refractivity contribution in [3.63, 3.8) is 0 Å². The van der Waals surface area contributed by atoms with Crippen molar-refractivity contribution in [1.29, 1.82) is 0 Å². The Morgan fingerprint density at radius 1 is 1.15 bits per heavy atom. The van der Waals surface area contributed by atoms with Crippen molar-refractivity contribution in [2.45, 2.75) is 46.1 Å². The number of aromatic nitrogens is 3. The number of nitrogens with zero attached hydrogens (tertiary/aromatic N) is 4. The zero-order chi connectivity index (χ0) is 18.6. The predicted molar refractivity (Wildman–Crippen MR) is 118 cm³/mol. The molecule has 1 aromatic heterocycles. The van der Waals surface area contributed by atoms with Crippen LogP contribution < -0.4 is 10.6 Å². The summed E-state index contributed by atoms with van der Waals surface area (Å²) in [6.45, 7) is 9.33. The number of halogens is 1. The van der Waals surface area contributed by atoms with E-state index in [1.807, 2.05) is 25.5 Å².